The van der Waals surface area contributed by atoms with Crippen LogP contribution >= 0.6 is 23.2 Å². The third kappa shape index (κ3) is 4.11. The maximum Gasteiger partial charge on any atom is 0.260 e. The number of halogens is 2. The molecular formula is C23H19Cl2N3O4S. The summed E-state index contributed by atoms with van der Waals surface area (Å²) >= 11 is 12.6. The Morgan fingerprint density at radius 2 is 1.52 bits per heavy atom. The topological polar surface area (TPSA) is 95.6 Å². The van der Waals surface area contributed by atoms with Gasteiger partial charge in [-0.3, -0.25) is 9.59 Å². The first kappa shape index (κ1) is 23.3. The number of carbonyl (C=O) groups is 2. The van der Waals surface area contributed by atoms with Crippen LogP contribution in [0.5, 0.6) is 0 Å². The lowest BCUT2D eigenvalue weighted by Gasteiger charge is -2.54. The van der Waals surface area contributed by atoms with Gasteiger partial charge in [-0.25, -0.2) is 13.4 Å². The van der Waals surface area contributed by atoms with Crippen molar-refractivity contribution in [3.8, 4) is 0 Å². The average Bonchev–Trinajstić information content (AvgIpc) is 2.80. The average molecular weight is 504 g/mol. The van der Waals surface area contributed by atoms with Gasteiger partial charge in [-0.15, -0.1) is 16.4 Å². The van der Waals surface area contributed by atoms with Crippen molar-refractivity contribution in [2.45, 2.75) is 22.7 Å². The molecule has 0 aromatic heterocycles. The molecule has 0 bridgehead atoms. The Morgan fingerprint density at radius 1 is 0.939 bits per heavy atom. The predicted octanol–water partition coefficient (Wildman–Crippen LogP) is 3.89. The fraction of sp³-hybridized carbons (Fsp3) is 0.130. The number of hydrazine groups is 1. The summed E-state index contributed by atoms with van der Waals surface area (Å²) in [5.41, 5.74) is 0.396. The molecule has 1 aliphatic rings. The minimum absolute atomic E-state index is 0.0829. The Balaban J connectivity index is 1.75. The van der Waals surface area contributed by atoms with E-state index < -0.39 is 26.8 Å². The zero-order chi connectivity index (χ0) is 23.8. The Labute approximate surface area is 201 Å². The number of benzene rings is 3. The SMILES string of the molecule is CC(=O)Nc1ccc(S(=O)(=O)NN2C(=O)C(Cl)C2(c2ccccc2)c2ccc(Cl)cc2)cc1. The van der Waals surface area contributed by atoms with Crippen LogP contribution < -0.4 is 10.1 Å². The van der Waals surface area contributed by atoms with Gasteiger partial charge in [0.1, 0.15) is 10.9 Å². The van der Waals surface area contributed by atoms with Gasteiger partial charge in [0.15, 0.2) is 0 Å². The van der Waals surface area contributed by atoms with Crippen molar-refractivity contribution < 1.29 is 18.0 Å². The van der Waals surface area contributed by atoms with Crippen molar-refractivity contribution in [1.29, 1.82) is 0 Å². The van der Waals surface area contributed by atoms with Crippen molar-refractivity contribution in [3.63, 3.8) is 0 Å². The van der Waals surface area contributed by atoms with Crippen LogP contribution in [0.15, 0.2) is 83.8 Å². The normalized spacial score (nSPS) is 20.3. The molecule has 3 aromatic carbocycles. The molecule has 0 radical (unpaired) electrons. The van der Waals surface area contributed by atoms with Gasteiger partial charge in [-0.1, -0.05) is 54.1 Å². The Kier molecular flexibility index (Phi) is 6.20. The number of sulfonamides is 1. The van der Waals surface area contributed by atoms with Gasteiger partial charge in [0, 0.05) is 17.6 Å². The highest BCUT2D eigenvalue weighted by atomic mass is 35.5. The van der Waals surface area contributed by atoms with Gasteiger partial charge in [0.05, 0.1) is 4.90 Å². The summed E-state index contributed by atoms with van der Waals surface area (Å²) < 4.78 is 26.3. The molecule has 0 saturated carbocycles. The molecule has 2 amide bonds. The Morgan fingerprint density at radius 3 is 2.09 bits per heavy atom. The zero-order valence-corrected chi connectivity index (χ0v) is 19.7. The van der Waals surface area contributed by atoms with Gasteiger partial charge in [0.25, 0.3) is 15.9 Å². The number of rotatable bonds is 6. The number of carbonyl (C=O) groups excluding carboxylic acids is 2. The third-order valence-electron chi connectivity index (χ3n) is 5.35. The van der Waals surface area contributed by atoms with Crippen LogP contribution in [0, 0.1) is 0 Å². The van der Waals surface area contributed by atoms with E-state index in [2.05, 4.69) is 10.1 Å². The standard InChI is InChI=1S/C23H19Cl2N3O4S/c1-15(29)26-19-11-13-20(14-12-19)33(31,32)27-28-22(30)21(25)23(28,16-5-3-2-4-6-16)17-7-9-18(24)10-8-17/h2-14,21,27H,1H3,(H,26,29). The van der Waals surface area contributed by atoms with Crippen molar-refractivity contribution in [2.75, 3.05) is 5.32 Å². The molecule has 33 heavy (non-hydrogen) atoms. The van der Waals surface area contributed by atoms with Gasteiger partial charge >= 0.3 is 0 Å². The largest absolute Gasteiger partial charge is 0.326 e. The van der Waals surface area contributed by atoms with Gasteiger partial charge in [0.2, 0.25) is 5.91 Å². The van der Waals surface area contributed by atoms with Crippen LogP contribution in [-0.4, -0.2) is 30.6 Å². The summed E-state index contributed by atoms with van der Waals surface area (Å²) in [6.07, 6.45) is 0. The molecule has 0 aliphatic carbocycles. The smallest absolute Gasteiger partial charge is 0.260 e. The van der Waals surface area contributed by atoms with Crippen molar-refractivity contribution in [2.24, 2.45) is 0 Å². The number of alkyl halides is 1. The van der Waals surface area contributed by atoms with Crippen molar-refractivity contribution in [3.05, 3.63) is 95.0 Å². The molecule has 10 heteroatoms. The minimum atomic E-state index is -4.16. The van der Waals surface area contributed by atoms with Crippen LogP contribution in [0.2, 0.25) is 5.02 Å². The maximum absolute atomic E-state index is 13.2. The van der Waals surface area contributed by atoms with E-state index in [9.17, 15) is 18.0 Å². The molecule has 7 nitrogen and oxygen atoms in total. The van der Waals surface area contributed by atoms with Crippen LogP contribution in [0.25, 0.3) is 0 Å². The first-order valence-electron chi connectivity index (χ1n) is 9.86. The second-order valence-corrected chi connectivity index (χ2v) is 10.0. The number of nitrogens with one attached hydrogen (secondary N) is 2. The van der Waals surface area contributed by atoms with Crippen LogP contribution in [-0.2, 0) is 25.2 Å². The van der Waals surface area contributed by atoms with E-state index >= 15 is 0 Å². The number of anilines is 1. The van der Waals surface area contributed by atoms with Gasteiger partial charge in [-0.05, 0) is 47.5 Å². The number of β-lactam (4-membered cyclic amide) rings is 1. The van der Waals surface area contributed by atoms with E-state index in [-0.39, 0.29) is 10.8 Å². The second-order valence-electron chi connectivity index (χ2n) is 7.48. The quantitative estimate of drug-likeness (QED) is 0.394. The van der Waals surface area contributed by atoms with Crippen LogP contribution in [0.4, 0.5) is 5.69 Å². The first-order valence-corrected chi connectivity index (χ1v) is 12.2. The highest BCUT2D eigenvalue weighted by Crippen LogP contribution is 2.49. The number of nitrogens with zero attached hydrogens (tertiary/aromatic N) is 1. The fourth-order valence-electron chi connectivity index (χ4n) is 3.84. The Bertz CT molecular complexity index is 1300. The number of hydrogen-bond acceptors (Lipinski definition) is 4. The van der Waals surface area contributed by atoms with E-state index in [1.807, 2.05) is 6.07 Å². The van der Waals surface area contributed by atoms with E-state index in [1.54, 1.807) is 48.5 Å². The fourth-order valence-corrected chi connectivity index (χ4v) is 5.48. The lowest BCUT2D eigenvalue weighted by Crippen LogP contribution is -2.75. The highest BCUT2D eigenvalue weighted by Gasteiger charge is 2.63. The summed E-state index contributed by atoms with van der Waals surface area (Å²) in [5, 5.41) is 3.06. The van der Waals surface area contributed by atoms with Crippen molar-refractivity contribution in [1.82, 2.24) is 9.84 Å². The molecule has 0 spiro atoms. The molecule has 3 aromatic rings. The summed E-state index contributed by atoms with van der Waals surface area (Å²) in [6.45, 7) is 1.35. The molecule has 1 aliphatic heterocycles. The highest BCUT2D eigenvalue weighted by molar-refractivity contribution is 7.89. The number of amides is 2. The Hall–Kier alpha value is -2.91. The molecule has 2 unspecified atom stereocenters. The summed E-state index contributed by atoms with van der Waals surface area (Å²) in [5.74, 6) is -0.868. The molecule has 2 N–H and O–H groups in total. The maximum atomic E-state index is 13.2. The number of hydrogen-bond donors (Lipinski definition) is 2. The van der Waals surface area contributed by atoms with Gasteiger partial charge < -0.3 is 5.32 Å². The van der Waals surface area contributed by atoms with Crippen LogP contribution in [0.1, 0.15) is 18.1 Å². The first-order chi connectivity index (χ1) is 15.7. The van der Waals surface area contributed by atoms with E-state index in [0.29, 0.717) is 21.8 Å². The van der Waals surface area contributed by atoms with E-state index in [4.69, 9.17) is 23.2 Å². The molecule has 1 fully saturated rings. The molecule has 4 rings (SSSR count). The summed E-state index contributed by atoms with van der Waals surface area (Å²) in [4.78, 5) is 26.4. The van der Waals surface area contributed by atoms with Gasteiger partial charge in [-0.2, -0.15) is 0 Å². The van der Waals surface area contributed by atoms with Crippen molar-refractivity contribution >= 4 is 50.7 Å². The second kappa shape index (κ2) is 8.79. The molecule has 1 saturated heterocycles. The zero-order valence-electron chi connectivity index (χ0n) is 17.3. The molecule has 1 heterocycles. The third-order valence-corrected chi connectivity index (χ3v) is 7.42. The molecule has 170 valence electrons. The summed E-state index contributed by atoms with van der Waals surface area (Å²) in [6, 6.07) is 21.3. The minimum Gasteiger partial charge on any atom is -0.326 e. The van der Waals surface area contributed by atoms with E-state index in [1.165, 1.54) is 31.2 Å². The van der Waals surface area contributed by atoms with Crippen LogP contribution in [0.3, 0.4) is 0 Å². The lowest BCUT2D eigenvalue weighted by atomic mass is 9.73. The monoisotopic (exact) mass is 503 g/mol. The summed E-state index contributed by atoms with van der Waals surface area (Å²) in [7, 11) is -4.16. The lowest BCUT2D eigenvalue weighted by molar-refractivity contribution is -0.156. The van der Waals surface area contributed by atoms with E-state index in [0.717, 1.165) is 5.01 Å². The molecular weight excluding hydrogens is 485 g/mol. The predicted molar refractivity (Wildman–Crippen MR) is 126 cm³/mol. The molecule has 2 atom stereocenters.